The van der Waals surface area contributed by atoms with Crippen LogP contribution in [-0.2, 0) is 16.1 Å². The molecule has 0 saturated carbocycles. The molecular formula is C21H22F2N2O7S. The zero-order valence-corrected chi connectivity index (χ0v) is 18.6. The number of benzene rings is 2. The van der Waals surface area contributed by atoms with Gasteiger partial charge in [0, 0.05) is 5.56 Å². The van der Waals surface area contributed by atoms with E-state index in [1.54, 1.807) is 30.3 Å². The average Bonchev–Trinajstić information content (AvgIpc) is 2.80. The molecule has 1 N–H and O–H groups in total. The normalized spacial score (nSPS) is 11.5. The number of thioether (sulfide) groups is 1. The van der Waals surface area contributed by atoms with Gasteiger partial charge in [0.25, 0.3) is 11.6 Å². The summed E-state index contributed by atoms with van der Waals surface area (Å²) in [6, 6.07) is 9.15. The Morgan fingerprint density at radius 2 is 1.88 bits per heavy atom. The third-order valence-corrected chi connectivity index (χ3v) is 5.03. The number of hydrogen-bond acceptors (Lipinski definition) is 8. The molecule has 0 spiro atoms. The number of ether oxygens (including phenoxy) is 3. The minimum absolute atomic E-state index is 0.0928. The summed E-state index contributed by atoms with van der Waals surface area (Å²) in [6.07, 6.45) is 2.10. The van der Waals surface area contributed by atoms with Gasteiger partial charge in [-0.3, -0.25) is 14.9 Å². The molecule has 33 heavy (non-hydrogen) atoms. The van der Waals surface area contributed by atoms with Crippen LogP contribution in [0.1, 0.15) is 22.3 Å². The summed E-state index contributed by atoms with van der Waals surface area (Å²) in [5.41, 5.74) is -0.326. The predicted octanol–water partition coefficient (Wildman–Crippen LogP) is 3.80. The molecule has 178 valence electrons. The molecule has 2 aromatic carbocycles. The number of nitro benzene ring substituents is 1. The highest BCUT2D eigenvalue weighted by Crippen LogP contribution is 2.36. The Labute approximate surface area is 192 Å². The highest BCUT2D eigenvalue weighted by Gasteiger charge is 2.26. The van der Waals surface area contributed by atoms with Crippen molar-refractivity contribution in [2.75, 3.05) is 19.1 Å². The lowest BCUT2D eigenvalue weighted by Crippen LogP contribution is -2.42. The topological polar surface area (TPSA) is 117 Å². The van der Waals surface area contributed by atoms with Gasteiger partial charge >= 0.3 is 12.6 Å². The van der Waals surface area contributed by atoms with E-state index in [1.807, 2.05) is 6.26 Å². The molecule has 2 rings (SSSR count). The largest absolute Gasteiger partial charge is 0.493 e. The quantitative estimate of drug-likeness (QED) is 0.275. The van der Waals surface area contributed by atoms with E-state index < -0.39 is 47.5 Å². The van der Waals surface area contributed by atoms with Gasteiger partial charge in [-0.1, -0.05) is 18.2 Å². The van der Waals surface area contributed by atoms with E-state index in [2.05, 4.69) is 10.1 Å². The number of hydrogen-bond donors (Lipinski definition) is 1. The zero-order chi connectivity index (χ0) is 24.4. The smallest absolute Gasteiger partial charge is 0.387 e. The van der Waals surface area contributed by atoms with Gasteiger partial charge in [0.05, 0.1) is 23.7 Å². The third kappa shape index (κ3) is 7.59. The zero-order valence-electron chi connectivity index (χ0n) is 17.8. The van der Waals surface area contributed by atoms with Crippen molar-refractivity contribution in [3.63, 3.8) is 0 Å². The minimum Gasteiger partial charge on any atom is -0.493 e. The highest BCUT2D eigenvalue weighted by molar-refractivity contribution is 7.98. The lowest BCUT2D eigenvalue weighted by atomic mass is 10.1. The van der Waals surface area contributed by atoms with Crippen LogP contribution in [0, 0.1) is 10.1 Å². The fraction of sp³-hybridized carbons (Fsp3) is 0.333. The van der Waals surface area contributed by atoms with Crippen LogP contribution < -0.4 is 14.8 Å². The molecule has 12 heteroatoms. The van der Waals surface area contributed by atoms with E-state index in [0.717, 1.165) is 12.1 Å². The Morgan fingerprint density at radius 3 is 2.45 bits per heavy atom. The Balaban J connectivity index is 2.19. The molecular weight excluding hydrogens is 462 g/mol. The number of rotatable bonds is 12. The van der Waals surface area contributed by atoms with Gasteiger partial charge in [-0.15, -0.1) is 0 Å². The van der Waals surface area contributed by atoms with E-state index in [-0.39, 0.29) is 17.7 Å². The number of amides is 1. The van der Waals surface area contributed by atoms with Crippen LogP contribution >= 0.6 is 11.8 Å². The number of methoxy groups -OCH3 is 1. The lowest BCUT2D eigenvalue weighted by Gasteiger charge is -2.18. The van der Waals surface area contributed by atoms with Crippen molar-refractivity contribution < 1.29 is 37.5 Å². The number of nitrogens with one attached hydrogen (secondary N) is 1. The van der Waals surface area contributed by atoms with Crippen molar-refractivity contribution in [2.24, 2.45) is 0 Å². The minimum atomic E-state index is -3.22. The summed E-state index contributed by atoms with van der Waals surface area (Å²) < 4.78 is 39.6. The number of halogens is 2. The molecule has 9 nitrogen and oxygen atoms in total. The van der Waals surface area contributed by atoms with Crippen molar-refractivity contribution in [2.45, 2.75) is 25.7 Å². The summed E-state index contributed by atoms with van der Waals surface area (Å²) in [5, 5.41) is 14.0. The number of carbonyl (C=O) groups excluding carboxylic acids is 2. The second kappa shape index (κ2) is 12.6. The number of alkyl halides is 2. The highest BCUT2D eigenvalue weighted by atomic mass is 32.2. The van der Waals surface area contributed by atoms with Crippen LogP contribution in [0.4, 0.5) is 14.5 Å². The first kappa shape index (κ1) is 25.8. The first-order valence-corrected chi connectivity index (χ1v) is 11.0. The predicted molar refractivity (Wildman–Crippen MR) is 117 cm³/mol. The number of esters is 1. The Morgan fingerprint density at radius 1 is 1.18 bits per heavy atom. The molecule has 0 aliphatic heterocycles. The molecule has 0 heterocycles. The SMILES string of the molecule is COc1cc(COC(=O)[C@@H](CCSC)NC(=O)c2ccccc2)c([N+](=O)[O-])cc1OC(F)F. The van der Waals surface area contributed by atoms with E-state index >= 15 is 0 Å². The maximum absolute atomic E-state index is 12.7. The van der Waals surface area contributed by atoms with E-state index in [9.17, 15) is 28.5 Å². The first-order valence-electron chi connectivity index (χ1n) is 9.58. The first-order chi connectivity index (χ1) is 15.8. The van der Waals surface area contributed by atoms with Crippen LogP contribution in [0.5, 0.6) is 11.5 Å². The summed E-state index contributed by atoms with van der Waals surface area (Å²) in [6.45, 7) is -3.76. The molecule has 0 unspecified atom stereocenters. The number of nitro groups is 1. The Bertz CT molecular complexity index is 977. The van der Waals surface area contributed by atoms with Gasteiger partial charge in [-0.25, -0.2) is 4.79 Å². The fourth-order valence-corrected chi connectivity index (χ4v) is 3.26. The summed E-state index contributed by atoms with van der Waals surface area (Å²) in [7, 11) is 1.17. The Kier molecular flexibility index (Phi) is 9.85. The molecule has 0 fully saturated rings. The Hall–Kier alpha value is -3.41. The number of nitrogens with zero attached hydrogens (tertiary/aromatic N) is 1. The van der Waals surface area contributed by atoms with Gasteiger partial charge in [0.1, 0.15) is 12.6 Å². The van der Waals surface area contributed by atoms with Gasteiger partial charge < -0.3 is 19.5 Å². The monoisotopic (exact) mass is 484 g/mol. The van der Waals surface area contributed by atoms with Crippen molar-refractivity contribution >= 4 is 29.3 Å². The maximum Gasteiger partial charge on any atom is 0.387 e. The van der Waals surface area contributed by atoms with Gasteiger partial charge in [0.2, 0.25) is 0 Å². The molecule has 1 amide bonds. The molecule has 0 saturated heterocycles. The van der Waals surface area contributed by atoms with Crippen LogP contribution in [0.15, 0.2) is 42.5 Å². The van der Waals surface area contributed by atoms with Crippen LogP contribution in [0.2, 0.25) is 0 Å². The standard InChI is InChI=1S/C21H22F2N2O7S/c1-30-17-10-14(16(25(28)29)11-18(17)32-21(22)23)12-31-20(27)15(8-9-33-2)24-19(26)13-6-4-3-5-7-13/h3-7,10-11,15,21H,8-9,12H2,1-2H3,(H,24,26)/t15-/m1/s1. The number of carbonyl (C=O) groups is 2. The molecule has 1 atom stereocenters. The molecule has 0 aromatic heterocycles. The van der Waals surface area contributed by atoms with Crippen molar-refractivity contribution in [1.29, 1.82) is 0 Å². The summed E-state index contributed by atoms with van der Waals surface area (Å²) >= 11 is 1.46. The van der Waals surface area contributed by atoms with Gasteiger partial charge in [-0.2, -0.15) is 20.5 Å². The van der Waals surface area contributed by atoms with Crippen molar-refractivity contribution in [3.05, 3.63) is 63.7 Å². The maximum atomic E-state index is 12.7. The molecule has 0 aliphatic carbocycles. The summed E-state index contributed by atoms with van der Waals surface area (Å²) in [5.74, 6) is -1.44. The van der Waals surface area contributed by atoms with Crippen molar-refractivity contribution in [3.8, 4) is 11.5 Å². The van der Waals surface area contributed by atoms with Crippen LogP contribution in [-0.4, -0.2) is 48.6 Å². The van der Waals surface area contributed by atoms with E-state index in [0.29, 0.717) is 11.3 Å². The van der Waals surface area contributed by atoms with Crippen LogP contribution in [0.25, 0.3) is 0 Å². The second-order valence-electron chi connectivity index (χ2n) is 6.55. The molecule has 0 radical (unpaired) electrons. The average molecular weight is 484 g/mol. The third-order valence-electron chi connectivity index (χ3n) is 4.38. The van der Waals surface area contributed by atoms with Gasteiger partial charge in [-0.05, 0) is 36.6 Å². The van der Waals surface area contributed by atoms with E-state index in [1.165, 1.54) is 18.9 Å². The van der Waals surface area contributed by atoms with Gasteiger partial charge in [0.15, 0.2) is 11.5 Å². The molecule has 0 aliphatic rings. The molecule has 0 bridgehead atoms. The lowest BCUT2D eigenvalue weighted by molar-refractivity contribution is -0.386. The van der Waals surface area contributed by atoms with E-state index in [4.69, 9.17) is 9.47 Å². The van der Waals surface area contributed by atoms with Crippen molar-refractivity contribution in [1.82, 2.24) is 5.32 Å². The second-order valence-corrected chi connectivity index (χ2v) is 7.53. The fourth-order valence-electron chi connectivity index (χ4n) is 2.79. The molecule has 2 aromatic rings. The van der Waals surface area contributed by atoms with Crippen LogP contribution in [0.3, 0.4) is 0 Å². The summed E-state index contributed by atoms with van der Waals surface area (Å²) in [4.78, 5) is 35.7.